The molecule has 68 heavy (non-hydrogen) atoms. The molecule has 0 bridgehead atoms. The molecule has 8 rings (SSSR count). The number of pyridine rings is 2. The first-order valence-electron chi connectivity index (χ1n) is 22.1. The van der Waals surface area contributed by atoms with Gasteiger partial charge in [-0.05, 0) is 89.7 Å². The number of nitrogens with zero attached hydrogens (tertiary/aromatic N) is 7. The standard InChI is InChI=1S/C49H49Cl2F2N9O6/c1-58-19-20-59(29-46(58)63)18-16-41(30-67-48(65)57-44-22-32-7-2-3-8-33(32)25-54-44)61(28-36-13-15-39(53)24-43(36)51)49(66)60-17-6-10-40(60)31-68-62(47(64)56-27-35-9-4-5-11-42(35)50)45-23-37-21-38(52)14-12-34(37)26-55-45/h2-5,7-9,11-15,21-26,40-41H,6,10,16-20,27-31H2,1H3,(H,56,64)(H,54,57,65)/t40-,41-/m0/s1. The lowest BCUT2D eigenvalue weighted by Crippen LogP contribution is -2.54. The van der Waals surface area contributed by atoms with E-state index in [4.69, 9.17) is 32.8 Å². The fourth-order valence-corrected chi connectivity index (χ4v) is 8.65. The van der Waals surface area contributed by atoms with Crippen LogP contribution >= 0.6 is 23.2 Å². The lowest BCUT2D eigenvalue weighted by atomic mass is 10.1. The van der Waals surface area contributed by atoms with E-state index in [1.54, 1.807) is 64.3 Å². The summed E-state index contributed by atoms with van der Waals surface area (Å²) in [5.74, 6) is -0.738. The van der Waals surface area contributed by atoms with Crippen molar-refractivity contribution in [1.82, 2.24) is 34.9 Å². The summed E-state index contributed by atoms with van der Waals surface area (Å²) >= 11 is 13.0. The maximum absolute atomic E-state index is 15.2. The molecule has 0 radical (unpaired) electrons. The second kappa shape index (κ2) is 22.0. The molecule has 0 spiro atoms. The quantitative estimate of drug-likeness (QED) is 0.0962. The van der Waals surface area contributed by atoms with Crippen LogP contribution in [0.15, 0.2) is 109 Å². The Balaban J connectivity index is 1.05. The number of hydroxylamine groups is 1. The van der Waals surface area contributed by atoms with Crippen LogP contribution in [0.4, 0.5) is 34.8 Å². The fourth-order valence-electron chi connectivity index (χ4n) is 8.22. The van der Waals surface area contributed by atoms with E-state index in [0.717, 1.165) is 21.9 Å². The van der Waals surface area contributed by atoms with Crippen molar-refractivity contribution in [3.05, 3.63) is 142 Å². The third kappa shape index (κ3) is 11.9. The van der Waals surface area contributed by atoms with Crippen molar-refractivity contribution in [1.29, 1.82) is 0 Å². The van der Waals surface area contributed by atoms with E-state index >= 15 is 4.79 Å². The Morgan fingerprint density at radius 2 is 1.59 bits per heavy atom. The van der Waals surface area contributed by atoms with Gasteiger partial charge in [-0.15, -0.1) is 0 Å². The second-order valence-corrected chi connectivity index (χ2v) is 17.5. The maximum Gasteiger partial charge on any atom is 0.412 e. The van der Waals surface area contributed by atoms with Crippen molar-refractivity contribution in [2.45, 2.75) is 44.4 Å². The predicted octanol–water partition coefficient (Wildman–Crippen LogP) is 8.88. The molecule has 6 aromatic rings. The lowest BCUT2D eigenvalue weighted by Gasteiger charge is -2.38. The molecule has 354 valence electrons. The van der Waals surface area contributed by atoms with Crippen LogP contribution in [0.2, 0.25) is 10.0 Å². The van der Waals surface area contributed by atoms with Gasteiger partial charge in [0.25, 0.3) is 0 Å². The highest BCUT2D eigenvalue weighted by atomic mass is 35.5. The van der Waals surface area contributed by atoms with Crippen LogP contribution in [0.25, 0.3) is 21.5 Å². The third-order valence-electron chi connectivity index (χ3n) is 12.1. The molecule has 2 fully saturated rings. The van der Waals surface area contributed by atoms with E-state index in [0.29, 0.717) is 65.9 Å². The van der Waals surface area contributed by atoms with Gasteiger partial charge in [-0.1, -0.05) is 71.7 Å². The fraction of sp³-hybridized carbons (Fsp3) is 0.306. The first-order chi connectivity index (χ1) is 32.9. The largest absolute Gasteiger partial charge is 0.447 e. The number of benzene rings is 4. The molecule has 2 N–H and O–H groups in total. The molecule has 2 aromatic heterocycles. The number of amides is 6. The topological polar surface area (TPSA) is 153 Å². The monoisotopic (exact) mass is 967 g/mol. The summed E-state index contributed by atoms with van der Waals surface area (Å²) in [6.07, 6.45) is 3.69. The Hall–Kier alpha value is -6.66. The van der Waals surface area contributed by atoms with Gasteiger partial charge in [0.2, 0.25) is 5.91 Å². The summed E-state index contributed by atoms with van der Waals surface area (Å²) in [7, 11) is 1.74. The summed E-state index contributed by atoms with van der Waals surface area (Å²) in [6.45, 7) is 1.49. The van der Waals surface area contributed by atoms with Gasteiger partial charge in [0.15, 0.2) is 5.82 Å². The number of likely N-dealkylation sites (tertiary alicyclic amines) is 1. The van der Waals surface area contributed by atoms with Gasteiger partial charge in [-0.3, -0.25) is 19.8 Å². The zero-order valence-electron chi connectivity index (χ0n) is 37.1. The lowest BCUT2D eigenvalue weighted by molar-refractivity contribution is -0.134. The minimum absolute atomic E-state index is 0.0464. The number of ether oxygens (including phenoxy) is 1. The van der Waals surface area contributed by atoms with Gasteiger partial charge < -0.3 is 24.8 Å². The predicted molar refractivity (Wildman–Crippen MR) is 255 cm³/mol. The number of halogens is 4. The molecule has 0 unspecified atom stereocenters. The van der Waals surface area contributed by atoms with Crippen LogP contribution in [-0.2, 0) is 27.5 Å². The normalized spacial score (nSPS) is 15.7. The molecule has 19 heteroatoms. The number of urea groups is 2. The van der Waals surface area contributed by atoms with Gasteiger partial charge in [0, 0.05) is 79.5 Å². The van der Waals surface area contributed by atoms with Crippen LogP contribution in [0, 0.1) is 11.6 Å². The summed E-state index contributed by atoms with van der Waals surface area (Å²) < 4.78 is 34.6. The highest BCUT2D eigenvalue weighted by molar-refractivity contribution is 6.31. The summed E-state index contributed by atoms with van der Waals surface area (Å²) in [4.78, 5) is 77.3. The van der Waals surface area contributed by atoms with Crippen LogP contribution < -0.4 is 15.7 Å². The van der Waals surface area contributed by atoms with Crippen molar-refractivity contribution in [2.24, 2.45) is 0 Å². The number of rotatable bonds is 15. The van der Waals surface area contributed by atoms with E-state index in [2.05, 4.69) is 20.6 Å². The number of carbonyl (C=O) groups is 4. The zero-order valence-corrected chi connectivity index (χ0v) is 38.6. The molecule has 4 aromatic carbocycles. The first-order valence-corrected chi connectivity index (χ1v) is 22.9. The zero-order chi connectivity index (χ0) is 47.7. The summed E-state index contributed by atoms with van der Waals surface area (Å²) in [5.41, 5.74) is 1.10. The average molecular weight is 969 g/mol. The number of nitrogens with one attached hydrogen (secondary N) is 2. The number of carbonyl (C=O) groups excluding carboxylic acids is 4. The van der Waals surface area contributed by atoms with Gasteiger partial charge >= 0.3 is 18.2 Å². The minimum atomic E-state index is -0.801. The Bertz CT molecular complexity index is 2810. The Morgan fingerprint density at radius 1 is 0.838 bits per heavy atom. The molecule has 0 aliphatic carbocycles. The van der Waals surface area contributed by atoms with Crippen molar-refractivity contribution in [3.63, 3.8) is 0 Å². The average Bonchev–Trinajstić information content (AvgIpc) is 3.81. The number of aromatic nitrogens is 2. The molecule has 15 nitrogen and oxygen atoms in total. The Labute approximate surface area is 401 Å². The molecule has 2 aliphatic rings. The minimum Gasteiger partial charge on any atom is -0.447 e. The van der Waals surface area contributed by atoms with E-state index in [-0.39, 0.29) is 61.8 Å². The summed E-state index contributed by atoms with van der Waals surface area (Å²) in [6, 6.07) is 23.5. The molecule has 2 aliphatic heterocycles. The first kappa shape index (κ1) is 47.8. The Morgan fingerprint density at radius 3 is 2.40 bits per heavy atom. The van der Waals surface area contributed by atoms with Crippen molar-refractivity contribution in [2.75, 3.05) is 63.4 Å². The van der Waals surface area contributed by atoms with E-state index in [1.807, 2.05) is 29.2 Å². The molecule has 4 heterocycles. The van der Waals surface area contributed by atoms with E-state index < -0.39 is 41.9 Å². The third-order valence-corrected chi connectivity index (χ3v) is 12.8. The number of hydrogen-bond donors (Lipinski definition) is 2. The van der Waals surface area contributed by atoms with Crippen LogP contribution in [-0.4, -0.2) is 119 Å². The number of fused-ring (bicyclic) bond motifs is 2. The van der Waals surface area contributed by atoms with Crippen molar-refractivity contribution < 1.29 is 37.5 Å². The molecular formula is C49H49Cl2F2N9O6. The van der Waals surface area contributed by atoms with Gasteiger partial charge in [0.05, 0.1) is 25.2 Å². The molecule has 2 saturated heterocycles. The smallest absolute Gasteiger partial charge is 0.412 e. The molecule has 0 saturated carbocycles. The molecule has 6 amide bonds. The van der Waals surface area contributed by atoms with Gasteiger partial charge in [0.1, 0.15) is 24.1 Å². The molecule has 2 atom stereocenters. The Kier molecular flexibility index (Phi) is 15.5. The maximum atomic E-state index is 15.2. The highest BCUT2D eigenvalue weighted by Crippen LogP contribution is 2.28. The van der Waals surface area contributed by atoms with Gasteiger partial charge in [-0.25, -0.2) is 33.1 Å². The van der Waals surface area contributed by atoms with E-state index in [1.165, 1.54) is 36.5 Å². The van der Waals surface area contributed by atoms with E-state index in [9.17, 15) is 23.2 Å². The van der Waals surface area contributed by atoms with Crippen LogP contribution in [0.1, 0.15) is 30.4 Å². The highest BCUT2D eigenvalue weighted by Gasteiger charge is 2.37. The summed E-state index contributed by atoms with van der Waals surface area (Å²) in [5, 5.41) is 9.91. The number of likely N-dealkylation sites (N-methyl/N-ethyl adjacent to an activating group) is 1. The van der Waals surface area contributed by atoms with Crippen LogP contribution in [0.5, 0.6) is 0 Å². The van der Waals surface area contributed by atoms with Crippen molar-refractivity contribution >= 4 is 80.4 Å². The van der Waals surface area contributed by atoms with Crippen LogP contribution in [0.3, 0.4) is 0 Å². The van der Waals surface area contributed by atoms with Crippen molar-refractivity contribution in [3.8, 4) is 0 Å². The number of anilines is 2. The SMILES string of the molecule is CN1CCN(CC[C@@H](COC(=O)Nc2cc3ccccc3cn2)N(Cc2ccc(F)cc2Cl)C(=O)N2CCC[C@H]2CON(C(=O)NCc2ccccc2Cl)c2cc3cc(F)ccc3cn2)CC1=O. The molecular weight excluding hydrogens is 919 g/mol. The second-order valence-electron chi connectivity index (χ2n) is 16.7. The number of hydrogen-bond acceptors (Lipinski definition) is 9. The number of piperazine rings is 1. The van der Waals surface area contributed by atoms with Gasteiger partial charge in [-0.2, -0.15) is 5.06 Å².